The summed E-state index contributed by atoms with van der Waals surface area (Å²) in [5.41, 5.74) is 0.812. The highest BCUT2D eigenvalue weighted by Gasteiger charge is 2.23. The number of nitrogens with one attached hydrogen (secondary N) is 1. The van der Waals surface area contributed by atoms with Crippen molar-refractivity contribution in [2.24, 2.45) is 5.92 Å². The molecule has 20 heavy (non-hydrogen) atoms. The van der Waals surface area contributed by atoms with Gasteiger partial charge in [-0.15, -0.1) is 0 Å². The van der Waals surface area contributed by atoms with Crippen molar-refractivity contribution < 1.29 is 14.3 Å². The third kappa shape index (κ3) is 5.05. The Bertz CT molecular complexity index is 512. The van der Waals surface area contributed by atoms with E-state index in [-0.39, 0.29) is 11.8 Å². The molecule has 4 nitrogen and oxygen atoms in total. The Morgan fingerprint density at radius 1 is 1.35 bits per heavy atom. The number of methoxy groups -OCH3 is 1. The molecule has 1 aromatic carbocycles. The second kappa shape index (κ2) is 7.70. The van der Waals surface area contributed by atoms with Crippen LogP contribution in [0.15, 0.2) is 30.3 Å². The fraction of sp³-hybridized carbons (Fsp3) is 0.333. The molecule has 0 heterocycles. The molecule has 0 saturated heterocycles. The van der Waals surface area contributed by atoms with Crippen LogP contribution in [0.4, 0.5) is 0 Å². The SMILES string of the molecule is COC(=O)[C@@H](NC(=O)C=Cc1cccc(Cl)c1)C(C)C. The van der Waals surface area contributed by atoms with Crippen LogP contribution in [0.2, 0.25) is 5.02 Å². The van der Waals surface area contributed by atoms with E-state index in [1.165, 1.54) is 13.2 Å². The van der Waals surface area contributed by atoms with Crippen molar-refractivity contribution in [1.82, 2.24) is 5.32 Å². The minimum atomic E-state index is -0.656. The van der Waals surface area contributed by atoms with Crippen LogP contribution in [-0.2, 0) is 14.3 Å². The van der Waals surface area contributed by atoms with E-state index in [1.807, 2.05) is 19.9 Å². The zero-order chi connectivity index (χ0) is 15.1. The molecule has 5 heteroatoms. The number of rotatable bonds is 5. The summed E-state index contributed by atoms with van der Waals surface area (Å²) in [7, 11) is 1.30. The predicted molar refractivity (Wildman–Crippen MR) is 79.3 cm³/mol. The summed E-state index contributed by atoms with van der Waals surface area (Å²) in [6.45, 7) is 3.67. The van der Waals surface area contributed by atoms with Crippen molar-refractivity contribution in [3.05, 3.63) is 40.9 Å². The second-order valence-electron chi connectivity index (χ2n) is 4.64. The van der Waals surface area contributed by atoms with Gasteiger partial charge in [-0.3, -0.25) is 4.79 Å². The standard InChI is InChI=1S/C15H18ClNO3/c1-10(2)14(15(19)20-3)17-13(18)8-7-11-5-4-6-12(16)9-11/h4-10,14H,1-3H3,(H,17,18)/t14-/m0/s1. The summed E-state index contributed by atoms with van der Waals surface area (Å²) in [5, 5.41) is 3.22. The molecule has 0 spiro atoms. The second-order valence-corrected chi connectivity index (χ2v) is 5.08. The smallest absolute Gasteiger partial charge is 0.328 e. The third-order valence-corrected chi connectivity index (χ3v) is 2.93. The lowest BCUT2D eigenvalue weighted by atomic mass is 10.0. The summed E-state index contributed by atoms with van der Waals surface area (Å²) in [5.74, 6) is -0.857. The number of hydrogen-bond donors (Lipinski definition) is 1. The average molecular weight is 296 g/mol. The van der Waals surface area contributed by atoms with Crippen molar-refractivity contribution in [1.29, 1.82) is 0 Å². The van der Waals surface area contributed by atoms with Gasteiger partial charge in [0, 0.05) is 11.1 Å². The number of halogens is 1. The van der Waals surface area contributed by atoms with Crippen LogP contribution in [0.5, 0.6) is 0 Å². The third-order valence-electron chi connectivity index (χ3n) is 2.70. The van der Waals surface area contributed by atoms with E-state index in [1.54, 1.807) is 24.3 Å². The average Bonchev–Trinajstić information content (AvgIpc) is 2.41. The predicted octanol–water partition coefficient (Wildman–Crippen LogP) is 2.67. The molecule has 0 saturated carbocycles. The Labute approximate surface area is 123 Å². The minimum Gasteiger partial charge on any atom is -0.467 e. The molecule has 0 fully saturated rings. The van der Waals surface area contributed by atoms with Gasteiger partial charge < -0.3 is 10.1 Å². The maximum absolute atomic E-state index is 11.8. The number of carbonyl (C=O) groups excluding carboxylic acids is 2. The van der Waals surface area contributed by atoms with Gasteiger partial charge in [0.05, 0.1) is 7.11 Å². The van der Waals surface area contributed by atoms with E-state index in [9.17, 15) is 9.59 Å². The molecule has 0 bridgehead atoms. The monoisotopic (exact) mass is 295 g/mol. The highest BCUT2D eigenvalue weighted by Crippen LogP contribution is 2.11. The summed E-state index contributed by atoms with van der Waals surface area (Å²) in [6, 6.07) is 6.47. The molecule has 1 atom stereocenters. The largest absolute Gasteiger partial charge is 0.467 e. The minimum absolute atomic E-state index is 0.0500. The van der Waals surface area contributed by atoms with Crippen LogP contribution in [0.1, 0.15) is 19.4 Å². The molecule has 0 aliphatic carbocycles. The quantitative estimate of drug-likeness (QED) is 0.671. The lowest BCUT2D eigenvalue weighted by molar-refractivity contribution is -0.145. The molecular formula is C15H18ClNO3. The van der Waals surface area contributed by atoms with Crippen molar-refractivity contribution in [2.45, 2.75) is 19.9 Å². The topological polar surface area (TPSA) is 55.4 Å². The maximum Gasteiger partial charge on any atom is 0.328 e. The van der Waals surface area contributed by atoms with Gasteiger partial charge in [-0.25, -0.2) is 4.79 Å². The van der Waals surface area contributed by atoms with E-state index in [0.29, 0.717) is 5.02 Å². The van der Waals surface area contributed by atoms with E-state index in [2.05, 4.69) is 10.1 Å². The Kier molecular flexibility index (Phi) is 6.25. The molecule has 108 valence electrons. The Morgan fingerprint density at radius 3 is 2.60 bits per heavy atom. The highest BCUT2D eigenvalue weighted by molar-refractivity contribution is 6.30. The number of ether oxygens (including phenoxy) is 1. The summed E-state index contributed by atoms with van der Waals surface area (Å²) < 4.78 is 4.66. The van der Waals surface area contributed by atoms with Crippen molar-refractivity contribution in [3.63, 3.8) is 0 Å². The van der Waals surface area contributed by atoms with Crippen molar-refractivity contribution in [3.8, 4) is 0 Å². The fourth-order valence-corrected chi connectivity index (χ4v) is 1.81. The molecule has 0 aliphatic heterocycles. The molecule has 0 radical (unpaired) electrons. The van der Waals surface area contributed by atoms with Crippen molar-refractivity contribution in [2.75, 3.05) is 7.11 Å². The van der Waals surface area contributed by atoms with Crippen LogP contribution < -0.4 is 5.32 Å². The molecule has 0 aliphatic rings. The molecule has 1 aromatic rings. The normalized spacial score (nSPS) is 12.4. The maximum atomic E-state index is 11.8. The van der Waals surface area contributed by atoms with Crippen LogP contribution >= 0.6 is 11.6 Å². The summed E-state index contributed by atoms with van der Waals surface area (Å²) >= 11 is 5.85. The van der Waals surface area contributed by atoms with Gasteiger partial charge in [0.25, 0.3) is 0 Å². The van der Waals surface area contributed by atoms with Gasteiger partial charge in [-0.2, -0.15) is 0 Å². The molecule has 0 aromatic heterocycles. The molecule has 0 unspecified atom stereocenters. The van der Waals surface area contributed by atoms with E-state index < -0.39 is 12.0 Å². The molecule has 1 rings (SSSR count). The van der Waals surface area contributed by atoms with Gasteiger partial charge in [0.2, 0.25) is 5.91 Å². The highest BCUT2D eigenvalue weighted by atomic mass is 35.5. The Morgan fingerprint density at radius 2 is 2.05 bits per heavy atom. The zero-order valence-electron chi connectivity index (χ0n) is 11.7. The number of carbonyl (C=O) groups is 2. The van der Waals surface area contributed by atoms with E-state index in [0.717, 1.165) is 5.56 Å². The summed E-state index contributed by atoms with van der Waals surface area (Å²) in [4.78, 5) is 23.3. The first-order chi connectivity index (χ1) is 9.43. The first-order valence-electron chi connectivity index (χ1n) is 6.26. The van der Waals surface area contributed by atoms with Crippen LogP contribution in [-0.4, -0.2) is 25.0 Å². The van der Waals surface area contributed by atoms with Crippen LogP contribution in [0.3, 0.4) is 0 Å². The zero-order valence-corrected chi connectivity index (χ0v) is 12.5. The van der Waals surface area contributed by atoms with E-state index in [4.69, 9.17) is 11.6 Å². The molecular weight excluding hydrogens is 278 g/mol. The fourth-order valence-electron chi connectivity index (χ4n) is 1.61. The van der Waals surface area contributed by atoms with Crippen molar-refractivity contribution >= 4 is 29.6 Å². The van der Waals surface area contributed by atoms with Gasteiger partial charge >= 0.3 is 5.97 Å². The number of amides is 1. The molecule has 1 amide bonds. The first kappa shape index (κ1) is 16.2. The van der Waals surface area contributed by atoms with Gasteiger partial charge in [0.15, 0.2) is 0 Å². The van der Waals surface area contributed by atoms with Crippen LogP contribution in [0.25, 0.3) is 6.08 Å². The van der Waals surface area contributed by atoms with Gasteiger partial charge in [-0.05, 0) is 29.7 Å². The van der Waals surface area contributed by atoms with Crippen LogP contribution in [0, 0.1) is 5.92 Å². The lowest BCUT2D eigenvalue weighted by Gasteiger charge is -2.18. The molecule has 1 N–H and O–H groups in total. The first-order valence-corrected chi connectivity index (χ1v) is 6.64. The van der Waals surface area contributed by atoms with E-state index >= 15 is 0 Å². The number of esters is 1. The number of benzene rings is 1. The Balaban J connectivity index is 2.68. The Hall–Kier alpha value is -1.81. The van der Waals surface area contributed by atoms with Gasteiger partial charge in [-0.1, -0.05) is 37.6 Å². The summed E-state index contributed by atoms with van der Waals surface area (Å²) in [6.07, 6.45) is 3.00. The number of hydrogen-bond acceptors (Lipinski definition) is 3. The lowest BCUT2D eigenvalue weighted by Crippen LogP contribution is -2.44. The van der Waals surface area contributed by atoms with Gasteiger partial charge in [0.1, 0.15) is 6.04 Å².